The van der Waals surface area contributed by atoms with Crippen molar-refractivity contribution in [3.63, 3.8) is 0 Å². The van der Waals surface area contributed by atoms with Gasteiger partial charge in [-0.3, -0.25) is 0 Å². The fourth-order valence-corrected chi connectivity index (χ4v) is 2.77. The second-order valence-corrected chi connectivity index (χ2v) is 5.32. The monoisotopic (exact) mass is 244 g/mol. The molecule has 0 aliphatic heterocycles. The molecule has 0 bridgehead atoms. The second kappa shape index (κ2) is 6.75. The van der Waals surface area contributed by atoms with Gasteiger partial charge in [0.15, 0.2) is 0 Å². The molecule has 2 rings (SSSR count). The molecule has 1 aromatic carbocycles. The van der Waals surface area contributed by atoms with Crippen LogP contribution >= 0.6 is 0 Å². The molecule has 98 valence electrons. The first-order valence-electron chi connectivity index (χ1n) is 7.22. The molecule has 0 fully saturated rings. The maximum absolute atomic E-state index is 10.2. The van der Waals surface area contributed by atoms with E-state index in [0.717, 1.165) is 24.8 Å². The van der Waals surface area contributed by atoms with Gasteiger partial charge in [0, 0.05) is 0 Å². The predicted octanol–water partition coefficient (Wildman–Crippen LogP) is 4.35. The summed E-state index contributed by atoms with van der Waals surface area (Å²) in [6.07, 6.45) is 10.8. The van der Waals surface area contributed by atoms with E-state index in [1.807, 2.05) is 6.08 Å². The number of aliphatic hydroxyl groups excluding tert-OH is 1. The van der Waals surface area contributed by atoms with Crippen molar-refractivity contribution < 1.29 is 5.11 Å². The number of fused-ring (bicyclic) bond motifs is 1. The average molecular weight is 244 g/mol. The van der Waals surface area contributed by atoms with E-state index in [2.05, 4.69) is 24.8 Å². The summed E-state index contributed by atoms with van der Waals surface area (Å²) in [5.74, 6) is 0. The molecule has 0 aromatic heterocycles. The molecule has 1 atom stereocenters. The number of benzene rings is 1. The Kier molecular flexibility index (Phi) is 5.00. The van der Waals surface area contributed by atoms with Gasteiger partial charge < -0.3 is 5.11 Å². The smallest absolute Gasteiger partial charge is 0.0790 e. The lowest BCUT2D eigenvalue weighted by atomic mass is 9.99. The zero-order valence-electron chi connectivity index (χ0n) is 11.2. The van der Waals surface area contributed by atoms with Crippen LogP contribution in [0.3, 0.4) is 0 Å². The van der Waals surface area contributed by atoms with Gasteiger partial charge in [0.25, 0.3) is 0 Å². The van der Waals surface area contributed by atoms with E-state index in [-0.39, 0.29) is 6.10 Å². The normalized spacial score (nSPS) is 15.4. The van der Waals surface area contributed by atoms with Gasteiger partial charge >= 0.3 is 0 Å². The number of aryl methyl sites for hydroxylation is 2. The Morgan fingerprint density at radius 2 is 2.00 bits per heavy atom. The maximum atomic E-state index is 10.2. The van der Waals surface area contributed by atoms with Gasteiger partial charge in [-0.2, -0.15) is 0 Å². The fraction of sp³-hybridized carbons (Fsp3) is 0.529. The Morgan fingerprint density at radius 3 is 2.83 bits per heavy atom. The molecule has 18 heavy (non-hydrogen) atoms. The SMILES string of the molecule is C=CCCCCCC(O)c1ccc2c(c1)CCC2. The molecule has 0 amide bonds. The van der Waals surface area contributed by atoms with Gasteiger partial charge in [-0.1, -0.05) is 37.1 Å². The van der Waals surface area contributed by atoms with Gasteiger partial charge in [0.05, 0.1) is 6.10 Å². The molecule has 1 unspecified atom stereocenters. The van der Waals surface area contributed by atoms with Crippen LogP contribution in [0.25, 0.3) is 0 Å². The molecular formula is C17H24O. The van der Waals surface area contributed by atoms with Crippen LogP contribution in [-0.4, -0.2) is 5.11 Å². The van der Waals surface area contributed by atoms with Gasteiger partial charge in [-0.05, 0) is 55.2 Å². The van der Waals surface area contributed by atoms with Crippen LogP contribution < -0.4 is 0 Å². The summed E-state index contributed by atoms with van der Waals surface area (Å²) < 4.78 is 0. The van der Waals surface area contributed by atoms with E-state index < -0.39 is 0 Å². The number of aliphatic hydroxyl groups is 1. The Bertz CT molecular complexity index is 395. The highest BCUT2D eigenvalue weighted by Crippen LogP contribution is 2.27. The highest BCUT2D eigenvalue weighted by atomic mass is 16.3. The lowest BCUT2D eigenvalue weighted by Gasteiger charge is -2.12. The quantitative estimate of drug-likeness (QED) is 0.558. The average Bonchev–Trinajstić information content (AvgIpc) is 2.85. The fourth-order valence-electron chi connectivity index (χ4n) is 2.77. The standard InChI is InChI=1S/C17H24O/c1-2-3-4-5-6-10-17(18)16-12-11-14-8-7-9-15(14)13-16/h2,11-13,17-18H,1,3-10H2. The van der Waals surface area contributed by atoms with E-state index >= 15 is 0 Å². The van der Waals surface area contributed by atoms with Gasteiger partial charge in [0.2, 0.25) is 0 Å². The third kappa shape index (κ3) is 3.46. The highest BCUT2D eigenvalue weighted by molar-refractivity contribution is 5.36. The summed E-state index contributed by atoms with van der Waals surface area (Å²) in [7, 11) is 0. The third-order valence-electron chi connectivity index (χ3n) is 3.89. The topological polar surface area (TPSA) is 20.2 Å². The lowest BCUT2D eigenvalue weighted by Crippen LogP contribution is -1.98. The molecule has 1 aliphatic rings. The Labute approximate surface area is 111 Å². The molecule has 0 heterocycles. The van der Waals surface area contributed by atoms with Crippen LogP contribution in [0.1, 0.15) is 61.3 Å². The maximum Gasteiger partial charge on any atom is 0.0790 e. The van der Waals surface area contributed by atoms with Crippen LogP contribution in [0.15, 0.2) is 30.9 Å². The van der Waals surface area contributed by atoms with Gasteiger partial charge in [0.1, 0.15) is 0 Å². The summed E-state index contributed by atoms with van der Waals surface area (Å²) in [5, 5.41) is 10.2. The summed E-state index contributed by atoms with van der Waals surface area (Å²) in [6.45, 7) is 3.72. The minimum atomic E-state index is -0.278. The molecular weight excluding hydrogens is 220 g/mol. The summed E-state index contributed by atoms with van der Waals surface area (Å²) in [5.41, 5.74) is 4.05. The van der Waals surface area contributed by atoms with E-state index in [9.17, 15) is 5.11 Å². The first-order valence-corrected chi connectivity index (χ1v) is 7.22. The first kappa shape index (κ1) is 13.4. The van der Waals surface area contributed by atoms with E-state index in [4.69, 9.17) is 0 Å². The van der Waals surface area contributed by atoms with Crippen LogP contribution in [0.2, 0.25) is 0 Å². The Hall–Kier alpha value is -1.08. The van der Waals surface area contributed by atoms with Crippen molar-refractivity contribution in [2.45, 2.75) is 57.5 Å². The van der Waals surface area contributed by atoms with Gasteiger partial charge in [-0.25, -0.2) is 0 Å². The van der Waals surface area contributed by atoms with Crippen LogP contribution in [0.4, 0.5) is 0 Å². The van der Waals surface area contributed by atoms with E-state index in [1.54, 1.807) is 0 Å². The molecule has 1 N–H and O–H groups in total. The third-order valence-corrected chi connectivity index (χ3v) is 3.89. The van der Waals surface area contributed by atoms with Crippen molar-refractivity contribution >= 4 is 0 Å². The van der Waals surface area contributed by atoms with Crippen molar-refractivity contribution in [1.82, 2.24) is 0 Å². The number of unbranched alkanes of at least 4 members (excludes halogenated alkanes) is 3. The molecule has 1 heteroatoms. The van der Waals surface area contributed by atoms with Crippen molar-refractivity contribution in [3.8, 4) is 0 Å². The predicted molar refractivity (Wildman–Crippen MR) is 76.7 cm³/mol. The number of hydrogen-bond acceptors (Lipinski definition) is 1. The molecule has 1 aliphatic carbocycles. The summed E-state index contributed by atoms with van der Waals surface area (Å²) in [6, 6.07) is 6.54. The van der Waals surface area contributed by atoms with E-state index in [0.29, 0.717) is 0 Å². The van der Waals surface area contributed by atoms with Crippen molar-refractivity contribution in [2.75, 3.05) is 0 Å². The van der Waals surface area contributed by atoms with Crippen molar-refractivity contribution in [3.05, 3.63) is 47.5 Å². The second-order valence-electron chi connectivity index (χ2n) is 5.32. The highest BCUT2D eigenvalue weighted by Gasteiger charge is 2.14. The zero-order chi connectivity index (χ0) is 12.8. The minimum absolute atomic E-state index is 0.278. The molecule has 0 radical (unpaired) electrons. The zero-order valence-corrected chi connectivity index (χ0v) is 11.2. The summed E-state index contributed by atoms with van der Waals surface area (Å²) in [4.78, 5) is 0. The number of rotatable bonds is 7. The minimum Gasteiger partial charge on any atom is -0.388 e. The molecule has 1 aromatic rings. The number of hydrogen-bond donors (Lipinski definition) is 1. The van der Waals surface area contributed by atoms with Gasteiger partial charge in [-0.15, -0.1) is 6.58 Å². The van der Waals surface area contributed by atoms with E-state index in [1.165, 1.54) is 43.2 Å². The first-order chi connectivity index (χ1) is 8.81. The largest absolute Gasteiger partial charge is 0.388 e. The molecule has 1 nitrogen and oxygen atoms in total. The molecule has 0 spiro atoms. The molecule has 0 saturated carbocycles. The Morgan fingerprint density at radius 1 is 1.17 bits per heavy atom. The van der Waals surface area contributed by atoms with Crippen molar-refractivity contribution in [2.24, 2.45) is 0 Å². The van der Waals surface area contributed by atoms with Crippen LogP contribution in [-0.2, 0) is 12.8 Å². The van der Waals surface area contributed by atoms with Crippen LogP contribution in [0.5, 0.6) is 0 Å². The Balaban J connectivity index is 1.81. The summed E-state index contributed by atoms with van der Waals surface area (Å²) >= 11 is 0. The lowest BCUT2D eigenvalue weighted by molar-refractivity contribution is 0.163. The van der Waals surface area contributed by atoms with Crippen LogP contribution in [0, 0.1) is 0 Å². The number of allylic oxidation sites excluding steroid dienone is 1. The van der Waals surface area contributed by atoms with Crippen molar-refractivity contribution in [1.29, 1.82) is 0 Å². The molecule has 0 saturated heterocycles.